The van der Waals surface area contributed by atoms with Crippen LogP contribution in [0.3, 0.4) is 0 Å². The standard InChI is InChI=1S/C10H12O2.C7H6O2/c1-2-9(11)7-8-5-3-4-6-10(8)12;8-5-6-1-3-7(9)4-2-6/h3-6,12H,2,7H2,1H3;1-5,9H. The van der Waals surface area contributed by atoms with Gasteiger partial charge in [0.1, 0.15) is 23.6 Å². The lowest BCUT2D eigenvalue weighted by Gasteiger charge is -2.00. The molecule has 0 bridgehead atoms. The summed E-state index contributed by atoms with van der Waals surface area (Å²) >= 11 is 0. The minimum atomic E-state index is 0.150. The van der Waals surface area contributed by atoms with Crippen molar-refractivity contribution in [2.75, 3.05) is 0 Å². The summed E-state index contributed by atoms with van der Waals surface area (Å²) in [6.45, 7) is 1.82. The molecule has 0 aliphatic rings. The van der Waals surface area contributed by atoms with Gasteiger partial charge in [0.2, 0.25) is 0 Å². The van der Waals surface area contributed by atoms with Crippen LogP contribution in [0.25, 0.3) is 0 Å². The van der Waals surface area contributed by atoms with E-state index in [1.54, 1.807) is 30.3 Å². The van der Waals surface area contributed by atoms with Gasteiger partial charge in [0.15, 0.2) is 0 Å². The number of phenolic OH excluding ortho intramolecular Hbond substituents is 2. The number of hydrogen-bond acceptors (Lipinski definition) is 4. The van der Waals surface area contributed by atoms with Crippen molar-refractivity contribution >= 4 is 12.1 Å². The minimum Gasteiger partial charge on any atom is -0.508 e. The number of Topliss-reactive ketones (excluding diaryl/α,β-unsaturated/α-hetero) is 1. The Bertz CT molecular complexity index is 588. The van der Waals surface area contributed by atoms with E-state index < -0.39 is 0 Å². The third kappa shape index (κ3) is 5.91. The van der Waals surface area contributed by atoms with Gasteiger partial charge in [-0.05, 0) is 30.3 Å². The molecule has 0 aliphatic carbocycles. The summed E-state index contributed by atoms with van der Waals surface area (Å²) in [6.07, 6.45) is 1.59. The molecule has 0 saturated heterocycles. The van der Waals surface area contributed by atoms with Crippen LogP contribution in [0.4, 0.5) is 0 Å². The lowest BCUT2D eigenvalue weighted by molar-refractivity contribution is -0.118. The number of phenols is 2. The molecule has 21 heavy (non-hydrogen) atoms. The van der Waals surface area contributed by atoms with Crippen molar-refractivity contribution < 1.29 is 19.8 Å². The number of carbonyl (C=O) groups is 2. The normalized spacial score (nSPS) is 9.38. The fraction of sp³-hybridized carbons (Fsp3) is 0.176. The number of carbonyl (C=O) groups excluding carboxylic acids is 2. The van der Waals surface area contributed by atoms with Crippen molar-refractivity contribution in [3.8, 4) is 11.5 Å². The summed E-state index contributed by atoms with van der Waals surface area (Å²) < 4.78 is 0. The molecule has 0 heterocycles. The monoisotopic (exact) mass is 286 g/mol. The number of rotatable bonds is 4. The van der Waals surface area contributed by atoms with E-state index in [9.17, 15) is 14.7 Å². The lowest BCUT2D eigenvalue weighted by Crippen LogP contribution is -1.99. The van der Waals surface area contributed by atoms with E-state index >= 15 is 0 Å². The number of aldehydes is 1. The molecular formula is C17H18O4. The molecule has 4 heteroatoms. The van der Waals surface area contributed by atoms with E-state index in [2.05, 4.69) is 0 Å². The molecule has 110 valence electrons. The molecular weight excluding hydrogens is 268 g/mol. The third-order valence-electron chi connectivity index (χ3n) is 2.80. The van der Waals surface area contributed by atoms with Crippen molar-refractivity contribution in [2.24, 2.45) is 0 Å². The zero-order valence-corrected chi connectivity index (χ0v) is 11.8. The van der Waals surface area contributed by atoms with E-state index in [4.69, 9.17) is 5.11 Å². The van der Waals surface area contributed by atoms with Gasteiger partial charge < -0.3 is 10.2 Å². The molecule has 4 nitrogen and oxygen atoms in total. The van der Waals surface area contributed by atoms with E-state index in [1.807, 2.05) is 13.0 Å². The quantitative estimate of drug-likeness (QED) is 0.847. The molecule has 0 radical (unpaired) electrons. The number of hydrogen-bond donors (Lipinski definition) is 2. The van der Waals surface area contributed by atoms with Crippen molar-refractivity contribution in [1.82, 2.24) is 0 Å². The highest BCUT2D eigenvalue weighted by molar-refractivity contribution is 5.81. The second kappa shape index (κ2) is 8.53. The van der Waals surface area contributed by atoms with Crippen LogP contribution in [0.15, 0.2) is 48.5 Å². The summed E-state index contributed by atoms with van der Waals surface area (Å²) in [6, 6.07) is 13.0. The molecule has 0 atom stereocenters. The van der Waals surface area contributed by atoms with Crippen molar-refractivity contribution in [3.63, 3.8) is 0 Å². The van der Waals surface area contributed by atoms with Crippen LogP contribution < -0.4 is 0 Å². The van der Waals surface area contributed by atoms with Gasteiger partial charge in [-0.3, -0.25) is 9.59 Å². The van der Waals surface area contributed by atoms with Crippen LogP contribution in [-0.2, 0) is 11.2 Å². The predicted molar refractivity (Wildman–Crippen MR) is 80.6 cm³/mol. The van der Waals surface area contributed by atoms with E-state index in [0.717, 1.165) is 6.29 Å². The van der Waals surface area contributed by atoms with Gasteiger partial charge in [-0.25, -0.2) is 0 Å². The molecule has 2 N–H and O–H groups in total. The van der Waals surface area contributed by atoms with Crippen LogP contribution in [0.1, 0.15) is 29.3 Å². The average Bonchev–Trinajstić information content (AvgIpc) is 2.51. The Morgan fingerprint density at radius 3 is 2.19 bits per heavy atom. The smallest absolute Gasteiger partial charge is 0.150 e. The Morgan fingerprint density at radius 2 is 1.67 bits per heavy atom. The van der Waals surface area contributed by atoms with Gasteiger partial charge in [0.05, 0.1) is 0 Å². The van der Waals surface area contributed by atoms with Gasteiger partial charge in [-0.1, -0.05) is 25.1 Å². The molecule has 0 amide bonds. The Labute approximate surface area is 123 Å². The van der Waals surface area contributed by atoms with Gasteiger partial charge in [0, 0.05) is 24.0 Å². The maximum absolute atomic E-state index is 11.0. The first-order valence-electron chi connectivity index (χ1n) is 6.59. The molecule has 2 rings (SSSR count). The summed E-state index contributed by atoms with van der Waals surface area (Å²) in [5, 5.41) is 18.0. The Morgan fingerprint density at radius 1 is 1.05 bits per heavy atom. The number of ketones is 1. The van der Waals surface area contributed by atoms with Gasteiger partial charge in [0.25, 0.3) is 0 Å². The van der Waals surface area contributed by atoms with Crippen molar-refractivity contribution in [2.45, 2.75) is 19.8 Å². The maximum Gasteiger partial charge on any atom is 0.150 e. The highest BCUT2D eigenvalue weighted by Gasteiger charge is 2.03. The second-order valence-corrected chi connectivity index (χ2v) is 4.41. The highest BCUT2D eigenvalue weighted by Crippen LogP contribution is 2.16. The fourth-order valence-corrected chi connectivity index (χ4v) is 1.55. The second-order valence-electron chi connectivity index (χ2n) is 4.41. The Hall–Kier alpha value is -2.62. The van der Waals surface area contributed by atoms with Crippen molar-refractivity contribution in [3.05, 3.63) is 59.7 Å². The lowest BCUT2D eigenvalue weighted by atomic mass is 10.1. The SMILES string of the molecule is CCC(=O)Cc1ccccc1O.O=Cc1ccc(O)cc1. The number of para-hydroxylation sites is 1. The summed E-state index contributed by atoms with van der Waals surface area (Å²) in [5.74, 6) is 0.538. The average molecular weight is 286 g/mol. The van der Waals surface area contributed by atoms with E-state index in [-0.39, 0.29) is 17.3 Å². The molecule has 2 aromatic carbocycles. The molecule has 2 aromatic rings. The summed E-state index contributed by atoms with van der Waals surface area (Å²) in [7, 11) is 0. The van der Waals surface area contributed by atoms with E-state index in [0.29, 0.717) is 24.0 Å². The Kier molecular flexibility index (Phi) is 6.68. The van der Waals surface area contributed by atoms with Crippen LogP contribution in [0, 0.1) is 0 Å². The molecule has 0 spiro atoms. The first-order chi connectivity index (χ1) is 10.1. The molecule has 0 aromatic heterocycles. The first-order valence-corrected chi connectivity index (χ1v) is 6.59. The van der Waals surface area contributed by atoms with Crippen LogP contribution >= 0.6 is 0 Å². The minimum absolute atomic E-state index is 0.150. The first kappa shape index (κ1) is 16.4. The molecule has 0 fully saturated rings. The molecule has 0 saturated carbocycles. The predicted octanol–water partition coefficient (Wildman–Crippen LogP) is 3.12. The van der Waals surface area contributed by atoms with Gasteiger partial charge in [-0.15, -0.1) is 0 Å². The zero-order valence-electron chi connectivity index (χ0n) is 11.8. The topological polar surface area (TPSA) is 74.6 Å². The summed E-state index contributed by atoms with van der Waals surface area (Å²) in [4.78, 5) is 21.1. The van der Waals surface area contributed by atoms with Crippen LogP contribution in [0.5, 0.6) is 11.5 Å². The van der Waals surface area contributed by atoms with Gasteiger partial charge >= 0.3 is 0 Å². The number of benzene rings is 2. The fourth-order valence-electron chi connectivity index (χ4n) is 1.55. The molecule has 0 aliphatic heterocycles. The Balaban J connectivity index is 0.000000219. The molecule has 0 unspecified atom stereocenters. The number of aromatic hydroxyl groups is 2. The van der Waals surface area contributed by atoms with Crippen LogP contribution in [0.2, 0.25) is 0 Å². The van der Waals surface area contributed by atoms with Crippen molar-refractivity contribution in [1.29, 1.82) is 0 Å². The third-order valence-corrected chi connectivity index (χ3v) is 2.80. The van der Waals surface area contributed by atoms with Gasteiger partial charge in [-0.2, -0.15) is 0 Å². The maximum atomic E-state index is 11.0. The largest absolute Gasteiger partial charge is 0.508 e. The van der Waals surface area contributed by atoms with E-state index in [1.165, 1.54) is 12.1 Å². The van der Waals surface area contributed by atoms with Crippen LogP contribution in [-0.4, -0.2) is 22.3 Å². The highest BCUT2D eigenvalue weighted by atomic mass is 16.3. The summed E-state index contributed by atoms with van der Waals surface area (Å²) in [5.41, 5.74) is 1.29. The zero-order chi connectivity index (χ0) is 15.7.